The van der Waals surface area contributed by atoms with Gasteiger partial charge in [0.1, 0.15) is 14.9 Å². The molecule has 0 amide bonds. The zero-order valence-electron chi connectivity index (χ0n) is 11.5. The van der Waals surface area contributed by atoms with Crippen molar-refractivity contribution in [2.24, 2.45) is 0 Å². The fourth-order valence-electron chi connectivity index (χ4n) is 1.94. The lowest BCUT2D eigenvalue weighted by atomic mass is 10.1. The van der Waals surface area contributed by atoms with Crippen molar-refractivity contribution in [1.29, 1.82) is 0 Å². The summed E-state index contributed by atoms with van der Waals surface area (Å²) >= 11 is 9.03. The number of nitrogens with zero attached hydrogens (tertiary/aromatic N) is 2. The Bertz CT molecular complexity index is 643. The molecule has 0 unspecified atom stereocenters. The van der Waals surface area contributed by atoms with E-state index in [9.17, 15) is 4.79 Å². The average Bonchev–Trinajstić information content (AvgIpc) is 2.78. The third-order valence-electron chi connectivity index (χ3n) is 2.73. The van der Waals surface area contributed by atoms with Crippen LogP contribution >= 0.6 is 34.7 Å². The molecule has 0 aliphatic carbocycles. The average molecular weight is 331 g/mol. The molecule has 0 bridgehead atoms. The zero-order valence-corrected chi connectivity index (χ0v) is 13.9. The van der Waals surface area contributed by atoms with Gasteiger partial charge in [0.05, 0.1) is 12.0 Å². The Labute approximate surface area is 130 Å². The number of hydrogen-bond donors (Lipinski definition) is 0. The Morgan fingerprint density at radius 2 is 2.15 bits per heavy atom. The largest absolute Gasteiger partial charge is 0.462 e. The summed E-state index contributed by atoms with van der Waals surface area (Å²) < 4.78 is 5.12. The van der Waals surface area contributed by atoms with Gasteiger partial charge in [-0.2, -0.15) is 0 Å². The van der Waals surface area contributed by atoms with Gasteiger partial charge in [-0.05, 0) is 25.2 Å². The molecule has 7 heteroatoms. The monoisotopic (exact) mass is 330 g/mol. The molecule has 2 aromatic rings. The molecular weight excluding hydrogens is 316 g/mol. The van der Waals surface area contributed by atoms with Gasteiger partial charge in [-0.25, -0.2) is 14.8 Å². The molecule has 0 fully saturated rings. The number of thiophene rings is 1. The zero-order chi connectivity index (χ0) is 14.7. The number of rotatable bonds is 5. The summed E-state index contributed by atoms with van der Waals surface area (Å²) in [6, 6.07) is 0. The van der Waals surface area contributed by atoms with Gasteiger partial charge in [0.15, 0.2) is 5.16 Å². The van der Waals surface area contributed by atoms with Crippen LogP contribution in [0, 0.1) is 0 Å². The summed E-state index contributed by atoms with van der Waals surface area (Å²) in [6.45, 7) is 4.21. The number of thioether (sulfide) groups is 1. The molecule has 0 radical (unpaired) electrons. The highest BCUT2D eigenvalue weighted by Crippen LogP contribution is 2.36. The van der Waals surface area contributed by atoms with E-state index in [1.165, 1.54) is 23.1 Å². The van der Waals surface area contributed by atoms with E-state index in [4.69, 9.17) is 16.3 Å². The lowest BCUT2D eigenvalue weighted by Gasteiger charge is -2.03. The summed E-state index contributed by atoms with van der Waals surface area (Å²) in [5.74, 6) is -0.305. The van der Waals surface area contributed by atoms with Crippen LogP contribution < -0.4 is 0 Å². The van der Waals surface area contributed by atoms with Crippen molar-refractivity contribution < 1.29 is 9.53 Å². The molecule has 0 saturated carbocycles. The first-order valence-corrected chi connectivity index (χ1v) is 8.74. The Morgan fingerprint density at radius 3 is 2.75 bits per heavy atom. The van der Waals surface area contributed by atoms with E-state index in [1.807, 2.05) is 6.26 Å². The van der Waals surface area contributed by atoms with Crippen molar-refractivity contribution in [3.8, 4) is 0 Å². The van der Waals surface area contributed by atoms with E-state index >= 15 is 0 Å². The first kappa shape index (κ1) is 15.5. The van der Waals surface area contributed by atoms with E-state index < -0.39 is 0 Å². The Morgan fingerprint density at radius 1 is 1.40 bits per heavy atom. The molecule has 0 aliphatic heterocycles. The minimum absolute atomic E-state index is 0.305. The van der Waals surface area contributed by atoms with Crippen LogP contribution in [0.2, 0.25) is 5.15 Å². The number of fused-ring (bicyclic) bond motifs is 1. The van der Waals surface area contributed by atoms with Gasteiger partial charge in [0.2, 0.25) is 0 Å². The van der Waals surface area contributed by atoms with Crippen LogP contribution in [0.5, 0.6) is 0 Å². The summed E-state index contributed by atoms with van der Waals surface area (Å²) in [4.78, 5) is 22.1. The van der Waals surface area contributed by atoms with Crippen molar-refractivity contribution in [2.75, 3.05) is 12.9 Å². The van der Waals surface area contributed by atoms with Gasteiger partial charge in [-0.3, -0.25) is 0 Å². The Kier molecular flexibility index (Phi) is 5.23. The number of carbonyl (C=O) groups is 1. The van der Waals surface area contributed by atoms with Crippen LogP contribution in [0.1, 0.15) is 35.5 Å². The first-order valence-electron chi connectivity index (χ1n) is 6.32. The maximum Gasteiger partial charge on any atom is 0.348 e. The second kappa shape index (κ2) is 6.74. The number of hydrogen-bond acceptors (Lipinski definition) is 6. The second-order valence-electron chi connectivity index (χ2n) is 4.06. The van der Waals surface area contributed by atoms with Crippen LogP contribution in [0.15, 0.2) is 5.16 Å². The molecular formula is C13H15ClN2O2S2. The van der Waals surface area contributed by atoms with Crippen LogP contribution in [-0.4, -0.2) is 28.8 Å². The predicted octanol–water partition coefficient (Wildman–Crippen LogP) is 4.20. The highest BCUT2D eigenvalue weighted by molar-refractivity contribution is 7.98. The normalized spacial score (nSPS) is 11.0. The van der Waals surface area contributed by atoms with E-state index in [2.05, 4.69) is 16.9 Å². The summed E-state index contributed by atoms with van der Waals surface area (Å²) in [5, 5.41) is 1.82. The van der Waals surface area contributed by atoms with Crippen molar-refractivity contribution in [2.45, 2.75) is 31.8 Å². The van der Waals surface area contributed by atoms with Crippen LogP contribution in [-0.2, 0) is 11.2 Å². The van der Waals surface area contributed by atoms with Crippen LogP contribution in [0.3, 0.4) is 0 Å². The van der Waals surface area contributed by atoms with Gasteiger partial charge in [-0.1, -0.05) is 36.7 Å². The quantitative estimate of drug-likeness (QED) is 0.356. The second-order valence-corrected chi connectivity index (χ2v) is 6.19. The molecule has 0 aromatic carbocycles. The highest BCUT2D eigenvalue weighted by Gasteiger charge is 2.22. The molecule has 0 N–H and O–H groups in total. The number of aromatic nitrogens is 2. The number of aryl methyl sites for hydroxylation is 1. The molecule has 108 valence electrons. The topological polar surface area (TPSA) is 52.1 Å². The van der Waals surface area contributed by atoms with Crippen molar-refractivity contribution in [1.82, 2.24) is 9.97 Å². The molecule has 0 aliphatic rings. The minimum Gasteiger partial charge on any atom is -0.462 e. The van der Waals surface area contributed by atoms with E-state index in [0.717, 1.165) is 28.6 Å². The number of ether oxygens (including phenoxy) is 1. The van der Waals surface area contributed by atoms with E-state index in [1.54, 1.807) is 6.92 Å². The Balaban J connectivity index is 2.65. The lowest BCUT2D eigenvalue weighted by molar-refractivity contribution is 0.0531. The predicted molar refractivity (Wildman–Crippen MR) is 84.2 cm³/mol. The number of esters is 1. The van der Waals surface area contributed by atoms with Crippen molar-refractivity contribution >= 4 is 50.9 Å². The van der Waals surface area contributed by atoms with Crippen molar-refractivity contribution in [3.63, 3.8) is 0 Å². The minimum atomic E-state index is -0.305. The fraction of sp³-hybridized carbons (Fsp3) is 0.462. The Hall–Kier alpha value is -0.850. The molecule has 20 heavy (non-hydrogen) atoms. The molecule has 2 aromatic heterocycles. The standard InChI is InChI=1S/C13H15ClN2O2S2/c1-4-6-7-8-10(14)15-13(19-3)16-11(8)20-9(7)12(17)18-5-2/h4-6H2,1-3H3. The molecule has 0 spiro atoms. The summed E-state index contributed by atoms with van der Waals surface area (Å²) in [6.07, 6.45) is 3.57. The molecule has 4 nitrogen and oxygen atoms in total. The molecule has 2 rings (SSSR count). The van der Waals surface area contributed by atoms with E-state index in [-0.39, 0.29) is 5.97 Å². The number of carbonyl (C=O) groups excluding carboxylic acids is 1. The molecule has 0 saturated heterocycles. The fourth-order valence-corrected chi connectivity index (χ4v) is 3.87. The summed E-state index contributed by atoms with van der Waals surface area (Å²) in [5.41, 5.74) is 0.906. The third-order valence-corrected chi connectivity index (χ3v) is 4.66. The first-order chi connectivity index (χ1) is 9.62. The van der Waals surface area contributed by atoms with Gasteiger partial charge in [-0.15, -0.1) is 11.3 Å². The van der Waals surface area contributed by atoms with Gasteiger partial charge < -0.3 is 4.74 Å². The maximum absolute atomic E-state index is 12.1. The highest BCUT2D eigenvalue weighted by atomic mass is 35.5. The van der Waals surface area contributed by atoms with E-state index in [0.29, 0.717) is 21.8 Å². The maximum atomic E-state index is 12.1. The SMILES string of the molecule is CCCc1c(C(=O)OCC)sc2nc(SC)nc(Cl)c12. The van der Waals surface area contributed by atoms with Gasteiger partial charge >= 0.3 is 5.97 Å². The number of halogens is 1. The van der Waals surface area contributed by atoms with Crippen LogP contribution in [0.4, 0.5) is 0 Å². The lowest BCUT2D eigenvalue weighted by Crippen LogP contribution is -2.05. The van der Waals surface area contributed by atoms with Gasteiger partial charge in [0, 0.05) is 0 Å². The molecule has 2 heterocycles. The smallest absolute Gasteiger partial charge is 0.348 e. The van der Waals surface area contributed by atoms with Crippen molar-refractivity contribution in [3.05, 3.63) is 15.6 Å². The summed E-state index contributed by atoms with van der Waals surface area (Å²) in [7, 11) is 0. The molecule has 0 atom stereocenters. The van der Waals surface area contributed by atoms with Crippen LogP contribution in [0.25, 0.3) is 10.2 Å². The third kappa shape index (κ3) is 2.92. The van der Waals surface area contributed by atoms with Gasteiger partial charge in [0.25, 0.3) is 0 Å².